The quantitative estimate of drug-likeness (QED) is 0.490. The fourth-order valence-electron chi connectivity index (χ4n) is 1.39. The van der Waals surface area contributed by atoms with Crippen molar-refractivity contribution in [2.24, 2.45) is 0 Å². The van der Waals surface area contributed by atoms with Crippen molar-refractivity contribution in [2.75, 3.05) is 13.2 Å². The zero-order valence-corrected chi connectivity index (χ0v) is 9.19. The molecule has 16 heavy (non-hydrogen) atoms. The van der Waals surface area contributed by atoms with Crippen molar-refractivity contribution in [3.8, 4) is 0 Å². The summed E-state index contributed by atoms with van der Waals surface area (Å²) in [5.74, 6) is 0. The molecule has 1 rings (SSSR count). The zero-order valence-electron chi connectivity index (χ0n) is 8.44. The minimum Gasteiger partial charge on any atom is -0.394 e. The van der Waals surface area contributed by atoms with Crippen LogP contribution in [0.3, 0.4) is 0 Å². The Kier molecular flexibility index (Phi) is 5.63. The lowest BCUT2D eigenvalue weighted by Gasteiger charge is -2.39. The maximum atomic E-state index is 9.52. The van der Waals surface area contributed by atoms with E-state index >= 15 is 0 Å². The van der Waals surface area contributed by atoms with Gasteiger partial charge in [-0.3, -0.25) is 0 Å². The highest BCUT2D eigenvalue weighted by molar-refractivity contribution is 6.25. The summed E-state index contributed by atoms with van der Waals surface area (Å²) in [5.41, 5.74) is 1.24. The average molecular weight is 255 g/mol. The van der Waals surface area contributed by atoms with Gasteiger partial charge in [0.1, 0.15) is 24.4 Å². The molecule has 4 N–H and O–H groups in total. The van der Waals surface area contributed by atoms with Gasteiger partial charge in [-0.05, 0) is 6.08 Å². The zero-order chi connectivity index (χ0) is 12.1. The summed E-state index contributed by atoms with van der Waals surface area (Å²) in [6, 6.07) is 0. The fraction of sp³-hybridized carbons (Fsp3) is 0.778. The topological polar surface area (TPSA) is 99.4 Å². The van der Waals surface area contributed by atoms with Crippen LogP contribution in [0.4, 0.5) is 0 Å². The predicted molar refractivity (Wildman–Crippen MR) is 54.7 cm³/mol. The molecular formula is C9H15ClO6. The Labute approximate surface area is 97.7 Å². The van der Waals surface area contributed by atoms with E-state index in [1.54, 1.807) is 0 Å². The van der Waals surface area contributed by atoms with Gasteiger partial charge in [0.15, 0.2) is 6.29 Å². The lowest BCUT2D eigenvalue weighted by Crippen LogP contribution is -2.59. The van der Waals surface area contributed by atoms with Crippen LogP contribution in [0.5, 0.6) is 0 Å². The van der Waals surface area contributed by atoms with E-state index in [1.165, 1.54) is 11.6 Å². The largest absolute Gasteiger partial charge is 0.394 e. The molecule has 0 aromatic heterocycles. The Hall–Kier alpha value is -0.210. The molecule has 0 aromatic carbocycles. The van der Waals surface area contributed by atoms with Crippen LogP contribution in [0.25, 0.3) is 0 Å². The van der Waals surface area contributed by atoms with E-state index in [0.717, 1.165) is 0 Å². The Balaban J connectivity index is 2.56. The first-order chi connectivity index (χ1) is 7.61. The van der Waals surface area contributed by atoms with Gasteiger partial charge in [0.25, 0.3) is 0 Å². The van der Waals surface area contributed by atoms with Crippen molar-refractivity contribution < 1.29 is 29.9 Å². The van der Waals surface area contributed by atoms with E-state index in [0.29, 0.717) is 0 Å². The molecule has 0 spiro atoms. The molecule has 94 valence electrons. The first kappa shape index (κ1) is 13.9. The third-order valence-corrected chi connectivity index (χ3v) is 2.47. The van der Waals surface area contributed by atoms with Crippen LogP contribution in [0, 0.1) is 0 Å². The lowest BCUT2D eigenvalue weighted by atomic mass is 9.99. The van der Waals surface area contributed by atoms with Gasteiger partial charge < -0.3 is 29.9 Å². The van der Waals surface area contributed by atoms with Gasteiger partial charge in [-0.25, -0.2) is 0 Å². The molecule has 1 saturated heterocycles. The molecule has 0 amide bonds. The molecule has 0 aliphatic carbocycles. The van der Waals surface area contributed by atoms with Crippen molar-refractivity contribution in [3.05, 3.63) is 11.6 Å². The predicted octanol–water partition coefficient (Wildman–Crippen LogP) is -1.44. The molecule has 5 atom stereocenters. The number of aliphatic hydroxyl groups is 4. The van der Waals surface area contributed by atoms with Gasteiger partial charge in [-0.1, -0.05) is 11.6 Å². The Bertz CT molecular complexity index is 234. The van der Waals surface area contributed by atoms with E-state index in [4.69, 9.17) is 26.2 Å². The number of hydrogen-bond donors (Lipinski definition) is 4. The van der Waals surface area contributed by atoms with Crippen molar-refractivity contribution in [1.29, 1.82) is 0 Å². The average Bonchev–Trinajstić information content (AvgIpc) is 2.29. The monoisotopic (exact) mass is 254 g/mol. The van der Waals surface area contributed by atoms with Gasteiger partial charge in [-0.15, -0.1) is 0 Å². The van der Waals surface area contributed by atoms with Gasteiger partial charge in [0.05, 0.1) is 13.2 Å². The first-order valence-electron chi connectivity index (χ1n) is 4.79. The summed E-state index contributed by atoms with van der Waals surface area (Å²) < 4.78 is 10.1. The summed E-state index contributed by atoms with van der Waals surface area (Å²) in [6.45, 7) is -0.387. The van der Waals surface area contributed by atoms with Crippen LogP contribution in [-0.2, 0) is 9.47 Å². The van der Waals surface area contributed by atoms with Crippen LogP contribution < -0.4 is 0 Å². The number of ether oxygens (including phenoxy) is 2. The normalized spacial score (nSPS) is 40.4. The standard InChI is InChI=1S/C9H15ClO6/c10-2-1-3-15-9-8(14)7(13)6(12)5(4-11)16-9/h1-2,5-9,11-14H,3-4H2/b2-1+/t5-,6-,7+,8-,9?/m1/s1. The molecule has 1 unspecified atom stereocenters. The third kappa shape index (κ3) is 3.14. The van der Waals surface area contributed by atoms with Crippen molar-refractivity contribution in [1.82, 2.24) is 0 Å². The van der Waals surface area contributed by atoms with Gasteiger partial charge in [0.2, 0.25) is 0 Å². The van der Waals surface area contributed by atoms with Crippen LogP contribution in [-0.4, -0.2) is 64.3 Å². The third-order valence-electron chi connectivity index (χ3n) is 2.29. The van der Waals surface area contributed by atoms with Crippen LogP contribution in [0.1, 0.15) is 0 Å². The molecule has 0 radical (unpaired) electrons. The highest BCUT2D eigenvalue weighted by Gasteiger charge is 2.43. The van der Waals surface area contributed by atoms with Crippen LogP contribution in [0.2, 0.25) is 0 Å². The molecule has 1 fully saturated rings. The number of hydrogen-bond acceptors (Lipinski definition) is 6. The summed E-state index contributed by atoms with van der Waals surface area (Å²) >= 11 is 5.27. The maximum Gasteiger partial charge on any atom is 0.187 e. The van der Waals surface area contributed by atoms with E-state index in [1.807, 2.05) is 0 Å². The highest BCUT2D eigenvalue weighted by Crippen LogP contribution is 2.21. The molecular weight excluding hydrogens is 240 g/mol. The SMILES string of the molecule is OC[C@H]1OC(OC/C=C/Cl)[C@H](O)[C@@H](O)[C@@H]1O. The molecule has 1 heterocycles. The van der Waals surface area contributed by atoms with Crippen molar-refractivity contribution >= 4 is 11.6 Å². The highest BCUT2D eigenvalue weighted by atomic mass is 35.5. The van der Waals surface area contributed by atoms with Gasteiger partial charge in [0, 0.05) is 5.54 Å². The minimum absolute atomic E-state index is 0.0895. The smallest absolute Gasteiger partial charge is 0.187 e. The summed E-state index contributed by atoms with van der Waals surface area (Å²) in [4.78, 5) is 0. The van der Waals surface area contributed by atoms with E-state index in [2.05, 4.69) is 0 Å². The molecule has 0 saturated carbocycles. The molecule has 1 aliphatic rings. The molecule has 1 aliphatic heterocycles. The van der Waals surface area contributed by atoms with Crippen molar-refractivity contribution in [2.45, 2.75) is 30.7 Å². The second-order valence-electron chi connectivity index (χ2n) is 3.39. The number of rotatable bonds is 4. The van der Waals surface area contributed by atoms with E-state index < -0.39 is 37.3 Å². The lowest BCUT2D eigenvalue weighted by molar-refractivity contribution is -0.298. The second kappa shape index (κ2) is 6.51. The van der Waals surface area contributed by atoms with Crippen molar-refractivity contribution in [3.63, 3.8) is 0 Å². The Morgan fingerprint density at radius 3 is 2.44 bits per heavy atom. The number of halogens is 1. The minimum atomic E-state index is -1.42. The Morgan fingerprint density at radius 2 is 1.88 bits per heavy atom. The summed E-state index contributed by atoms with van der Waals surface area (Å²) in [7, 11) is 0. The molecule has 0 aromatic rings. The molecule has 7 heteroatoms. The molecule has 6 nitrogen and oxygen atoms in total. The Morgan fingerprint density at radius 1 is 1.19 bits per heavy atom. The van der Waals surface area contributed by atoms with E-state index in [9.17, 15) is 15.3 Å². The van der Waals surface area contributed by atoms with Gasteiger partial charge in [-0.2, -0.15) is 0 Å². The van der Waals surface area contributed by atoms with E-state index in [-0.39, 0.29) is 6.61 Å². The number of aliphatic hydroxyl groups excluding tert-OH is 4. The molecule has 0 bridgehead atoms. The summed E-state index contributed by atoms with van der Waals surface area (Å²) in [6.07, 6.45) is -4.75. The fourth-order valence-corrected chi connectivity index (χ4v) is 1.46. The second-order valence-corrected chi connectivity index (χ2v) is 3.64. The van der Waals surface area contributed by atoms with Crippen LogP contribution >= 0.6 is 11.6 Å². The van der Waals surface area contributed by atoms with Gasteiger partial charge >= 0.3 is 0 Å². The first-order valence-corrected chi connectivity index (χ1v) is 5.22. The summed E-state index contributed by atoms with van der Waals surface area (Å²) in [5, 5.41) is 37.3. The maximum absolute atomic E-state index is 9.52. The van der Waals surface area contributed by atoms with Crippen LogP contribution in [0.15, 0.2) is 11.6 Å².